The summed E-state index contributed by atoms with van der Waals surface area (Å²) in [6, 6.07) is 0. The molecule has 19 heavy (non-hydrogen) atoms. The number of hydrogen-bond acceptors (Lipinski definition) is 3. The fourth-order valence-electron chi connectivity index (χ4n) is 3.88. The number of aryl methyl sites for hydroxylation is 1. The van der Waals surface area contributed by atoms with E-state index in [1.807, 2.05) is 11.3 Å². The zero-order valence-corrected chi connectivity index (χ0v) is 13.9. The van der Waals surface area contributed by atoms with Crippen LogP contribution in [0, 0.1) is 18.3 Å². The van der Waals surface area contributed by atoms with Gasteiger partial charge in [0.1, 0.15) is 5.01 Å². The van der Waals surface area contributed by atoms with Gasteiger partial charge in [0.25, 0.3) is 0 Å². The highest BCUT2D eigenvalue weighted by molar-refractivity contribution is 7.09. The molecule has 0 radical (unpaired) electrons. The Morgan fingerprint density at radius 1 is 1.42 bits per heavy atom. The van der Waals surface area contributed by atoms with Gasteiger partial charge in [-0.1, -0.05) is 27.7 Å². The largest absolute Gasteiger partial charge is 0.305 e. The molecule has 2 rings (SSSR count). The zero-order chi connectivity index (χ0) is 14.1. The lowest BCUT2D eigenvalue weighted by atomic mass is 9.64. The molecular weight excluding hydrogens is 252 g/mol. The Kier molecular flexibility index (Phi) is 4.36. The summed E-state index contributed by atoms with van der Waals surface area (Å²) < 4.78 is 0. The molecule has 0 saturated heterocycles. The predicted molar refractivity (Wildman–Crippen MR) is 83.6 cm³/mol. The van der Waals surface area contributed by atoms with E-state index in [4.69, 9.17) is 4.98 Å². The van der Waals surface area contributed by atoms with Crippen molar-refractivity contribution in [3.8, 4) is 0 Å². The van der Waals surface area contributed by atoms with Crippen molar-refractivity contribution >= 4 is 11.3 Å². The smallest absolute Gasteiger partial charge is 0.113 e. The lowest BCUT2D eigenvalue weighted by molar-refractivity contribution is 0.0794. The fourth-order valence-corrected chi connectivity index (χ4v) is 4.87. The molecule has 1 N–H and O–H groups in total. The van der Waals surface area contributed by atoms with E-state index in [1.165, 1.54) is 30.7 Å². The number of rotatable bonds is 4. The molecule has 1 aromatic heterocycles. The second-order valence-electron chi connectivity index (χ2n) is 7.16. The number of thiazole rings is 1. The van der Waals surface area contributed by atoms with Gasteiger partial charge < -0.3 is 5.32 Å². The van der Waals surface area contributed by atoms with Crippen LogP contribution in [-0.2, 0) is 5.54 Å². The molecule has 0 spiro atoms. The Hall–Kier alpha value is -0.410. The first-order valence-electron chi connectivity index (χ1n) is 7.54. The normalized spacial score (nSPS) is 30.5. The third-order valence-electron chi connectivity index (χ3n) is 4.12. The highest BCUT2D eigenvalue weighted by atomic mass is 32.1. The predicted octanol–water partition coefficient (Wildman–Crippen LogP) is 4.49. The van der Waals surface area contributed by atoms with Gasteiger partial charge >= 0.3 is 0 Å². The number of nitrogens with zero attached hydrogens (tertiary/aromatic N) is 1. The van der Waals surface area contributed by atoms with Crippen molar-refractivity contribution in [2.75, 3.05) is 6.54 Å². The maximum absolute atomic E-state index is 4.82. The SMILES string of the molecule is CCCNC1(c2nc(C)cs2)CC(C)CC(C)(C)C1. The lowest BCUT2D eigenvalue weighted by Gasteiger charge is -2.47. The zero-order valence-electron chi connectivity index (χ0n) is 13.0. The van der Waals surface area contributed by atoms with E-state index < -0.39 is 0 Å². The molecule has 1 heterocycles. The molecule has 1 aliphatic rings. The minimum atomic E-state index is 0.107. The molecular formula is C16H28N2S. The van der Waals surface area contributed by atoms with Crippen molar-refractivity contribution in [1.29, 1.82) is 0 Å². The summed E-state index contributed by atoms with van der Waals surface area (Å²) in [7, 11) is 0. The molecule has 1 aromatic rings. The van der Waals surface area contributed by atoms with Crippen LogP contribution in [0.1, 0.15) is 64.1 Å². The Morgan fingerprint density at radius 2 is 2.16 bits per heavy atom. The maximum Gasteiger partial charge on any atom is 0.113 e. The van der Waals surface area contributed by atoms with Gasteiger partial charge in [-0.3, -0.25) is 0 Å². The molecule has 2 unspecified atom stereocenters. The average Bonchev–Trinajstić information content (AvgIpc) is 2.71. The Labute approximate surface area is 122 Å². The molecule has 0 amide bonds. The summed E-state index contributed by atoms with van der Waals surface area (Å²) in [5, 5.41) is 7.34. The molecule has 0 bridgehead atoms. The highest BCUT2D eigenvalue weighted by Gasteiger charge is 2.45. The first kappa shape index (κ1) is 15.0. The third-order valence-corrected chi connectivity index (χ3v) is 5.28. The summed E-state index contributed by atoms with van der Waals surface area (Å²) in [6.07, 6.45) is 4.94. The third kappa shape index (κ3) is 3.38. The van der Waals surface area contributed by atoms with Crippen molar-refractivity contribution in [3.05, 3.63) is 16.1 Å². The van der Waals surface area contributed by atoms with Gasteiger partial charge in [0.15, 0.2) is 0 Å². The second-order valence-corrected chi connectivity index (χ2v) is 8.02. The highest BCUT2D eigenvalue weighted by Crippen LogP contribution is 2.49. The van der Waals surface area contributed by atoms with Gasteiger partial charge in [-0.2, -0.15) is 0 Å². The van der Waals surface area contributed by atoms with Gasteiger partial charge in [-0.05, 0) is 50.5 Å². The maximum atomic E-state index is 4.82. The van der Waals surface area contributed by atoms with Crippen LogP contribution in [0.25, 0.3) is 0 Å². The molecule has 1 aliphatic carbocycles. The number of nitrogens with one attached hydrogen (secondary N) is 1. The summed E-state index contributed by atoms with van der Waals surface area (Å²) in [4.78, 5) is 4.82. The molecule has 0 aliphatic heterocycles. The monoisotopic (exact) mass is 280 g/mol. The van der Waals surface area contributed by atoms with Crippen molar-refractivity contribution in [3.63, 3.8) is 0 Å². The first-order valence-corrected chi connectivity index (χ1v) is 8.42. The Balaban J connectivity index is 2.33. The van der Waals surface area contributed by atoms with E-state index in [9.17, 15) is 0 Å². The molecule has 2 atom stereocenters. The molecule has 3 heteroatoms. The van der Waals surface area contributed by atoms with E-state index >= 15 is 0 Å². The molecule has 1 fully saturated rings. The van der Waals surface area contributed by atoms with Gasteiger partial charge in [0, 0.05) is 11.1 Å². The van der Waals surface area contributed by atoms with Gasteiger partial charge in [-0.15, -0.1) is 11.3 Å². The summed E-state index contributed by atoms with van der Waals surface area (Å²) in [6.45, 7) is 12.6. The van der Waals surface area contributed by atoms with E-state index in [-0.39, 0.29) is 5.54 Å². The van der Waals surface area contributed by atoms with Crippen LogP contribution in [0.3, 0.4) is 0 Å². The summed E-state index contributed by atoms with van der Waals surface area (Å²) in [5.41, 5.74) is 1.67. The van der Waals surface area contributed by atoms with Gasteiger partial charge in [0.2, 0.25) is 0 Å². The summed E-state index contributed by atoms with van der Waals surface area (Å²) >= 11 is 1.83. The Morgan fingerprint density at radius 3 is 2.68 bits per heavy atom. The van der Waals surface area contributed by atoms with Crippen LogP contribution in [0.4, 0.5) is 0 Å². The van der Waals surface area contributed by atoms with Crippen LogP contribution < -0.4 is 5.32 Å². The van der Waals surface area contributed by atoms with Gasteiger partial charge in [0.05, 0.1) is 5.54 Å². The Bertz CT molecular complexity index is 424. The van der Waals surface area contributed by atoms with Crippen molar-refractivity contribution in [1.82, 2.24) is 10.3 Å². The van der Waals surface area contributed by atoms with Gasteiger partial charge in [-0.25, -0.2) is 4.98 Å². The fraction of sp³-hybridized carbons (Fsp3) is 0.812. The van der Waals surface area contributed by atoms with Crippen LogP contribution in [0.2, 0.25) is 0 Å². The van der Waals surface area contributed by atoms with Crippen LogP contribution in [0.5, 0.6) is 0 Å². The van der Waals surface area contributed by atoms with Crippen molar-refractivity contribution < 1.29 is 0 Å². The second kappa shape index (κ2) is 5.53. The van der Waals surface area contributed by atoms with E-state index in [1.54, 1.807) is 0 Å². The minimum Gasteiger partial charge on any atom is -0.305 e. The topological polar surface area (TPSA) is 24.9 Å². The molecule has 1 saturated carbocycles. The summed E-state index contributed by atoms with van der Waals surface area (Å²) in [5.74, 6) is 0.761. The molecule has 108 valence electrons. The van der Waals surface area contributed by atoms with E-state index in [0.717, 1.165) is 18.2 Å². The van der Waals surface area contributed by atoms with E-state index in [2.05, 4.69) is 45.3 Å². The van der Waals surface area contributed by atoms with Crippen molar-refractivity contribution in [2.45, 2.75) is 65.8 Å². The van der Waals surface area contributed by atoms with Crippen LogP contribution in [0.15, 0.2) is 5.38 Å². The van der Waals surface area contributed by atoms with Crippen molar-refractivity contribution in [2.24, 2.45) is 11.3 Å². The van der Waals surface area contributed by atoms with Crippen LogP contribution in [-0.4, -0.2) is 11.5 Å². The standard InChI is InChI=1S/C16H28N2S/c1-6-7-17-16(14-18-13(3)10-19-14)9-12(2)8-15(4,5)11-16/h10,12,17H,6-9,11H2,1-5H3. The number of hydrogen-bond donors (Lipinski definition) is 1. The first-order chi connectivity index (χ1) is 8.87. The van der Waals surface area contributed by atoms with Crippen LogP contribution >= 0.6 is 11.3 Å². The number of aromatic nitrogens is 1. The van der Waals surface area contributed by atoms with E-state index in [0.29, 0.717) is 5.41 Å². The lowest BCUT2D eigenvalue weighted by Crippen LogP contribution is -2.50. The average molecular weight is 280 g/mol. The minimum absolute atomic E-state index is 0.107. The molecule has 2 nitrogen and oxygen atoms in total. The quantitative estimate of drug-likeness (QED) is 0.879. The molecule has 0 aromatic carbocycles.